The molecule has 27 heavy (non-hydrogen) atoms. The number of carbonyl (C=O) groups is 2. The summed E-state index contributed by atoms with van der Waals surface area (Å²) in [6, 6.07) is 18.6. The van der Waals surface area contributed by atoms with Gasteiger partial charge in [0.05, 0.1) is 0 Å². The second-order valence-electron chi connectivity index (χ2n) is 6.14. The van der Waals surface area contributed by atoms with Crippen molar-refractivity contribution in [3.63, 3.8) is 0 Å². The van der Waals surface area contributed by atoms with Crippen molar-refractivity contribution in [2.75, 3.05) is 6.54 Å². The molecule has 0 heterocycles. The molecule has 0 saturated heterocycles. The fourth-order valence-corrected chi connectivity index (χ4v) is 3.36. The number of carbonyl (C=O) groups excluding carboxylic acids is 2. The third-order valence-electron chi connectivity index (χ3n) is 3.96. The lowest BCUT2D eigenvalue weighted by molar-refractivity contribution is -0.112. The number of rotatable bonds is 10. The second kappa shape index (κ2) is 12.1. The number of nitrogens with two attached hydrogens (primary N) is 1. The van der Waals surface area contributed by atoms with Crippen LogP contribution in [0.1, 0.15) is 30.4 Å². The maximum atomic E-state index is 12.6. The molecule has 2 rings (SSSR count). The first kappa shape index (κ1) is 21.0. The monoisotopic (exact) mass is 386 g/mol. The minimum absolute atomic E-state index is 0.0625. The number of hydrogen-bond donors (Lipinski definition) is 2. The topological polar surface area (TPSA) is 81.4 Å². The van der Waals surface area contributed by atoms with E-state index in [1.807, 2.05) is 60.7 Å². The Bertz CT molecular complexity index is 695. The van der Waals surface area contributed by atoms with Gasteiger partial charge in [-0.25, -0.2) is 4.79 Å². The largest absolute Gasteiger partial charge is 0.445 e. The number of alkyl carbamates (subject to hydrolysis) is 1. The summed E-state index contributed by atoms with van der Waals surface area (Å²) in [5, 5.41) is 2.65. The van der Waals surface area contributed by atoms with Crippen LogP contribution in [0.4, 0.5) is 4.79 Å². The Morgan fingerprint density at radius 1 is 0.963 bits per heavy atom. The Kier molecular flexibility index (Phi) is 9.44. The first-order chi connectivity index (χ1) is 13.2. The molecule has 0 bridgehead atoms. The average Bonchev–Trinajstić information content (AvgIpc) is 2.71. The van der Waals surface area contributed by atoms with E-state index in [4.69, 9.17) is 10.5 Å². The molecule has 1 amide bonds. The number of ether oxygens (including phenoxy) is 1. The van der Waals surface area contributed by atoms with Crippen LogP contribution in [0.25, 0.3) is 0 Å². The molecule has 6 heteroatoms. The van der Waals surface area contributed by atoms with Gasteiger partial charge in [0, 0.05) is 5.75 Å². The summed E-state index contributed by atoms with van der Waals surface area (Å²) in [7, 11) is 0. The first-order valence-corrected chi connectivity index (χ1v) is 10.1. The zero-order valence-electron chi connectivity index (χ0n) is 15.3. The zero-order chi connectivity index (χ0) is 19.3. The summed E-state index contributed by atoms with van der Waals surface area (Å²) in [4.78, 5) is 24.7. The van der Waals surface area contributed by atoms with Crippen molar-refractivity contribution in [2.45, 2.75) is 37.7 Å². The van der Waals surface area contributed by atoms with Gasteiger partial charge in [-0.2, -0.15) is 0 Å². The first-order valence-electron chi connectivity index (χ1n) is 9.07. The molecule has 1 atom stereocenters. The molecule has 3 N–H and O–H groups in total. The van der Waals surface area contributed by atoms with Crippen LogP contribution in [0.2, 0.25) is 0 Å². The zero-order valence-corrected chi connectivity index (χ0v) is 16.1. The van der Waals surface area contributed by atoms with Crippen molar-refractivity contribution in [2.24, 2.45) is 5.73 Å². The fraction of sp³-hybridized carbons (Fsp3) is 0.333. The molecule has 144 valence electrons. The van der Waals surface area contributed by atoms with Gasteiger partial charge in [-0.15, -0.1) is 0 Å². The molecule has 0 radical (unpaired) electrons. The third kappa shape index (κ3) is 8.28. The van der Waals surface area contributed by atoms with Gasteiger partial charge in [-0.3, -0.25) is 4.79 Å². The molecule has 0 saturated carbocycles. The van der Waals surface area contributed by atoms with Crippen LogP contribution in [0.5, 0.6) is 0 Å². The van der Waals surface area contributed by atoms with Crippen LogP contribution in [0.3, 0.4) is 0 Å². The molecule has 0 aliphatic carbocycles. The minimum Gasteiger partial charge on any atom is -0.445 e. The Morgan fingerprint density at radius 2 is 1.59 bits per heavy atom. The summed E-state index contributed by atoms with van der Waals surface area (Å²) in [5.74, 6) is 0.577. The smallest absolute Gasteiger partial charge is 0.408 e. The van der Waals surface area contributed by atoms with Crippen molar-refractivity contribution in [3.8, 4) is 0 Å². The van der Waals surface area contributed by atoms with Crippen molar-refractivity contribution in [1.82, 2.24) is 5.32 Å². The lowest BCUT2D eigenvalue weighted by atomic mass is 10.1. The highest BCUT2D eigenvalue weighted by atomic mass is 32.2. The Labute approximate surface area is 164 Å². The van der Waals surface area contributed by atoms with Crippen molar-refractivity contribution < 1.29 is 14.3 Å². The molecule has 0 aliphatic heterocycles. The van der Waals surface area contributed by atoms with Gasteiger partial charge in [-0.05, 0) is 36.9 Å². The summed E-state index contributed by atoms with van der Waals surface area (Å²) in [6.07, 6.45) is 1.56. The number of amides is 1. The quantitative estimate of drug-likeness (QED) is 0.606. The predicted octanol–water partition coefficient (Wildman–Crippen LogP) is 3.87. The second-order valence-corrected chi connectivity index (χ2v) is 7.12. The summed E-state index contributed by atoms with van der Waals surface area (Å²) in [5.41, 5.74) is 7.51. The maximum absolute atomic E-state index is 12.6. The van der Waals surface area contributed by atoms with Gasteiger partial charge in [0.25, 0.3) is 0 Å². The van der Waals surface area contributed by atoms with E-state index < -0.39 is 12.1 Å². The van der Waals surface area contributed by atoms with E-state index >= 15 is 0 Å². The summed E-state index contributed by atoms with van der Waals surface area (Å²) < 4.78 is 5.24. The molecular weight excluding hydrogens is 360 g/mol. The fourth-order valence-electron chi connectivity index (χ4n) is 2.48. The van der Waals surface area contributed by atoms with Crippen LogP contribution in [0.15, 0.2) is 60.7 Å². The molecule has 0 fully saturated rings. The average molecular weight is 387 g/mol. The van der Waals surface area contributed by atoms with E-state index in [0.29, 0.717) is 18.7 Å². The van der Waals surface area contributed by atoms with Gasteiger partial charge in [0.2, 0.25) is 5.12 Å². The highest BCUT2D eigenvalue weighted by Gasteiger charge is 2.21. The lowest BCUT2D eigenvalue weighted by Gasteiger charge is -2.17. The van der Waals surface area contributed by atoms with E-state index in [1.54, 1.807) is 0 Å². The van der Waals surface area contributed by atoms with E-state index in [2.05, 4.69) is 5.32 Å². The molecule has 0 spiro atoms. The molecular formula is C21H26N2O3S. The van der Waals surface area contributed by atoms with Crippen LogP contribution in [-0.2, 0) is 21.9 Å². The number of hydrogen-bond acceptors (Lipinski definition) is 5. The van der Waals surface area contributed by atoms with Crippen molar-refractivity contribution in [3.05, 3.63) is 71.8 Å². The molecule has 0 aliphatic rings. The van der Waals surface area contributed by atoms with Crippen LogP contribution >= 0.6 is 11.8 Å². The van der Waals surface area contributed by atoms with Gasteiger partial charge in [-0.1, -0.05) is 72.4 Å². The Balaban J connectivity index is 1.85. The van der Waals surface area contributed by atoms with E-state index in [9.17, 15) is 9.59 Å². The Hall–Kier alpha value is -2.31. The number of nitrogens with one attached hydrogen (secondary N) is 1. The predicted molar refractivity (Wildman–Crippen MR) is 109 cm³/mol. The van der Waals surface area contributed by atoms with Crippen LogP contribution in [-0.4, -0.2) is 23.8 Å². The van der Waals surface area contributed by atoms with Crippen LogP contribution in [0, 0.1) is 0 Å². The van der Waals surface area contributed by atoms with Crippen LogP contribution < -0.4 is 11.1 Å². The Morgan fingerprint density at radius 3 is 2.22 bits per heavy atom. The van der Waals surface area contributed by atoms with E-state index in [0.717, 1.165) is 24.0 Å². The van der Waals surface area contributed by atoms with E-state index in [1.165, 1.54) is 11.8 Å². The van der Waals surface area contributed by atoms with Crippen molar-refractivity contribution >= 4 is 23.0 Å². The summed E-state index contributed by atoms with van der Waals surface area (Å²) in [6.45, 7) is 0.740. The normalized spacial score (nSPS) is 11.6. The minimum atomic E-state index is -0.578. The lowest BCUT2D eigenvalue weighted by Crippen LogP contribution is -2.40. The molecule has 2 aromatic carbocycles. The molecule has 0 aromatic heterocycles. The van der Waals surface area contributed by atoms with Gasteiger partial charge < -0.3 is 15.8 Å². The summed E-state index contributed by atoms with van der Waals surface area (Å²) >= 11 is 1.21. The highest BCUT2D eigenvalue weighted by molar-refractivity contribution is 8.13. The maximum Gasteiger partial charge on any atom is 0.408 e. The number of unbranched alkanes of at least 4 members (excludes halogenated alkanes) is 1. The molecule has 5 nitrogen and oxygen atoms in total. The highest BCUT2D eigenvalue weighted by Crippen LogP contribution is 2.17. The number of thioether (sulfide) groups is 1. The van der Waals surface area contributed by atoms with Crippen molar-refractivity contribution in [1.29, 1.82) is 0 Å². The SMILES string of the molecule is NCCCC[C@@H](NC(=O)OCc1ccccc1)C(=O)SCc1ccccc1. The standard InChI is InChI=1S/C21H26N2O3S/c22-14-8-7-13-19(20(24)27-16-18-11-5-2-6-12-18)23-21(25)26-15-17-9-3-1-4-10-17/h1-6,9-12,19H,7-8,13-16,22H2,(H,23,25)/t19-/m1/s1. The third-order valence-corrected chi connectivity index (χ3v) is 5.01. The molecule has 0 unspecified atom stereocenters. The van der Waals surface area contributed by atoms with E-state index in [-0.39, 0.29) is 11.7 Å². The van der Waals surface area contributed by atoms with Gasteiger partial charge >= 0.3 is 6.09 Å². The van der Waals surface area contributed by atoms with Gasteiger partial charge in [0.15, 0.2) is 0 Å². The molecule has 2 aromatic rings. The van der Waals surface area contributed by atoms with Gasteiger partial charge in [0.1, 0.15) is 12.6 Å². The number of benzene rings is 2.